The van der Waals surface area contributed by atoms with Crippen LogP contribution in [-0.4, -0.2) is 39.3 Å². The first kappa shape index (κ1) is 20.3. The predicted molar refractivity (Wildman–Crippen MR) is 132 cm³/mol. The van der Waals surface area contributed by atoms with Crippen molar-refractivity contribution >= 4 is 30.7 Å². The molecule has 1 aliphatic rings. The lowest BCUT2D eigenvalue weighted by Gasteiger charge is -2.47. The highest BCUT2D eigenvalue weighted by atomic mass is 29.3. The molecule has 1 aliphatic heterocycles. The third kappa shape index (κ3) is 3.91. The SMILES string of the molecule is C[Si](c1ccccc1)(c1ccccc1)[Si@](C)(CN1CCCCC1)c1ccccc1. The second-order valence-corrected chi connectivity index (χ2v) is 22.2. The molecule has 0 bridgehead atoms. The largest absolute Gasteiger partial charge is 0.306 e. The van der Waals surface area contributed by atoms with Crippen LogP contribution in [0.15, 0.2) is 91.0 Å². The van der Waals surface area contributed by atoms with Gasteiger partial charge in [-0.3, -0.25) is 0 Å². The molecule has 3 heteroatoms. The van der Waals surface area contributed by atoms with E-state index in [0.29, 0.717) is 0 Å². The maximum absolute atomic E-state index is 2.79. The molecule has 0 saturated carbocycles. The Morgan fingerprint density at radius 1 is 0.586 bits per heavy atom. The van der Waals surface area contributed by atoms with E-state index in [0.717, 1.165) is 0 Å². The topological polar surface area (TPSA) is 3.24 Å². The molecular formula is C26H33NSi2. The molecule has 1 atom stereocenters. The molecule has 0 spiro atoms. The molecule has 1 fully saturated rings. The van der Waals surface area contributed by atoms with E-state index in [1.807, 2.05) is 0 Å². The van der Waals surface area contributed by atoms with Crippen molar-refractivity contribution in [2.45, 2.75) is 32.4 Å². The van der Waals surface area contributed by atoms with Gasteiger partial charge in [-0.15, -0.1) is 0 Å². The van der Waals surface area contributed by atoms with Gasteiger partial charge in [0.05, 0.1) is 0 Å². The van der Waals surface area contributed by atoms with Crippen molar-refractivity contribution in [1.29, 1.82) is 0 Å². The van der Waals surface area contributed by atoms with Crippen LogP contribution in [0, 0.1) is 0 Å². The normalized spacial score (nSPS) is 17.6. The average Bonchev–Trinajstić information content (AvgIpc) is 2.81. The zero-order valence-corrected chi connectivity index (χ0v) is 19.9. The summed E-state index contributed by atoms with van der Waals surface area (Å²) >= 11 is 0. The highest BCUT2D eigenvalue weighted by Gasteiger charge is 2.52. The Morgan fingerprint density at radius 3 is 1.45 bits per heavy atom. The lowest BCUT2D eigenvalue weighted by molar-refractivity contribution is 0.260. The number of hydrogen-bond donors (Lipinski definition) is 0. The summed E-state index contributed by atoms with van der Waals surface area (Å²) in [6, 6.07) is 34.4. The summed E-state index contributed by atoms with van der Waals surface area (Å²) in [6.07, 6.45) is 5.37. The van der Waals surface area contributed by atoms with Gasteiger partial charge in [-0.1, -0.05) is 126 Å². The van der Waals surface area contributed by atoms with Crippen molar-refractivity contribution in [3.8, 4) is 0 Å². The molecule has 0 amide bonds. The van der Waals surface area contributed by atoms with Gasteiger partial charge < -0.3 is 4.90 Å². The van der Waals surface area contributed by atoms with Crippen LogP contribution in [0.2, 0.25) is 13.1 Å². The Hall–Kier alpha value is -1.95. The van der Waals surface area contributed by atoms with Crippen LogP contribution in [-0.2, 0) is 0 Å². The van der Waals surface area contributed by atoms with Crippen LogP contribution in [0.25, 0.3) is 0 Å². The average molecular weight is 416 g/mol. The second-order valence-electron chi connectivity index (χ2n) is 8.89. The summed E-state index contributed by atoms with van der Waals surface area (Å²) in [5, 5.41) is 4.79. The van der Waals surface area contributed by atoms with E-state index in [1.165, 1.54) is 38.5 Å². The molecule has 3 aromatic rings. The van der Waals surface area contributed by atoms with E-state index in [-0.39, 0.29) is 0 Å². The number of hydrogen-bond acceptors (Lipinski definition) is 1. The molecule has 4 rings (SSSR count). The van der Waals surface area contributed by atoms with Gasteiger partial charge >= 0.3 is 0 Å². The van der Waals surface area contributed by atoms with Gasteiger partial charge in [0.15, 0.2) is 0 Å². The van der Waals surface area contributed by atoms with Crippen molar-refractivity contribution in [2.75, 3.05) is 19.3 Å². The van der Waals surface area contributed by atoms with Crippen LogP contribution in [0.1, 0.15) is 19.3 Å². The van der Waals surface area contributed by atoms with Crippen molar-refractivity contribution in [2.24, 2.45) is 0 Å². The first-order valence-corrected chi connectivity index (χ1v) is 17.2. The van der Waals surface area contributed by atoms with Gasteiger partial charge in [0.1, 0.15) is 15.2 Å². The molecular weight excluding hydrogens is 382 g/mol. The minimum absolute atomic E-state index is 1.27. The first-order chi connectivity index (χ1) is 14.1. The van der Waals surface area contributed by atoms with E-state index in [2.05, 4.69) is 109 Å². The first-order valence-electron chi connectivity index (χ1n) is 11.0. The molecule has 1 heterocycles. The van der Waals surface area contributed by atoms with E-state index in [1.54, 1.807) is 15.6 Å². The van der Waals surface area contributed by atoms with Gasteiger partial charge in [-0.05, 0) is 32.1 Å². The number of benzene rings is 3. The fraction of sp³-hybridized carbons (Fsp3) is 0.308. The molecule has 0 N–H and O–H groups in total. The minimum atomic E-state index is -1.98. The molecule has 0 unspecified atom stereocenters. The lowest BCUT2D eigenvalue weighted by Crippen LogP contribution is -2.81. The van der Waals surface area contributed by atoms with E-state index >= 15 is 0 Å². The van der Waals surface area contributed by atoms with Crippen LogP contribution >= 0.6 is 0 Å². The molecule has 1 nitrogen and oxygen atoms in total. The summed E-state index contributed by atoms with van der Waals surface area (Å²) in [7, 11) is -3.87. The number of likely N-dealkylation sites (tertiary alicyclic amines) is 1. The molecule has 0 aliphatic carbocycles. The molecule has 29 heavy (non-hydrogen) atoms. The zero-order valence-electron chi connectivity index (χ0n) is 17.9. The quantitative estimate of drug-likeness (QED) is 0.551. The summed E-state index contributed by atoms with van der Waals surface area (Å²) in [6.45, 7) is 7.87. The van der Waals surface area contributed by atoms with Crippen LogP contribution in [0.4, 0.5) is 0 Å². The number of piperidine rings is 1. The fourth-order valence-corrected chi connectivity index (χ4v) is 20.5. The van der Waals surface area contributed by atoms with Crippen molar-refractivity contribution in [3.63, 3.8) is 0 Å². The highest BCUT2D eigenvalue weighted by Crippen LogP contribution is 2.23. The molecule has 0 radical (unpaired) electrons. The number of nitrogens with zero attached hydrogens (tertiary/aromatic N) is 1. The van der Waals surface area contributed by atoms with Gasteiger partial charge in [0.2, 0.25) is 0 Å². The van der Waals surface area contributed by atoms with Crippen molar-refractivity contribution < 1.29 is 0 Å². The van der Waals surface area contributed by atoms with Gasteiger partial charge in [0, 0.05) is 0 Å². The summed E-state index contributed by atoms with van der Waals surface area (Å²) in [4.78, 5) is 2.79. The summed E-state index contributed by atoms with van der Waals surface area (Å²) < 4.78 is 0. The Bertz CT molecular complexity index is 852. The Morgan fingerprint density at radius 2 is 1.00 bits per heavy atom. The molecule has 0 aromatic heterocycles. The van der Waals surface area contributed by atoms with Crippen LogP contribution in [0.3, 0.4) is 0 Å². The van der Waals surface area contributed by atoms with Gasteiger partial charge in [-0.2, -0.15) is 0 Å². The van der Waals surface area contributed by atoms with Crippen LogP contribution < -0.4 is 15.6 Å². The Kier molecular flexibility index (Phi) is 6.19. The fourth-order valence-electron chi connectivity index (χ4n) is 5.26. The number of rotatable bonds is 6. The standard InChI is InChI=1S/C26H33NSi2/c1-28(24-15-7-3-8-16-24,23-27-21-13-6-14-22-27)29(2,25-17-9-4-10-18-25)26-19-11-5-12-20-26/h3-5,7-12,15-20H,6,13-14,21-23H2,1-2H3/t28-/m1/s1. The smallest absolute Gasteiger partial charge is 0.114 e. The molecule has 3 aromatic carbocycles. The third-order valence-electron chi connectivity index (χ3n) is 7.21. The lowest BCUT2D eigenvalue weighted by atomic mass is 10.1. The maximum atomic E-state index is 2.79. The van der Waals surface area contributed by atoms with Crippen molar-refractivity contribution in [1.82, 2.24) is 4.90 Å². The second kappa shape index (κ2) is 8.82. The molecule has 150 valence electrons. The Balaban J connectivity index is 1.91. The van der Waals surface area contributed by atoms with Crippen molar-refractivity contribution in [3.05, 3.63) is 91.0 Å². The van der Waals surface area contributed by atoms with E-state index in [9.17, 15) is 0 Å². The van der Waals surface area contributed by atoms with Gasteiger partial charge in [-0.25, -0.2) is 0 Å². The zero-order chi connectivity index (χ0) is 20.2. The van der Waals surface area contributed by atoms with Gasteiger partial charge in [0.25, 0.3) is 0 Å². The Labute approximate surface area is 178 Å². The maximum Gasteiger partial charge on any atom is 0.114 e. The monoisotopic (exact) mass is 415 g/mol. The van der Waals surface area contributed by atoms with E-state index in [4.69, 9.17) is 0 Å². The minimum Gasteiger partial charge on any atom is -0.306 e. The third-order valence-corrected chi connectivity index (χ3v) is 24.8. The summed E-state index contributed by atoms with van der Waals surface area (Å²) in [5.74, 6) is 0. The molecule has 1 saturated heterocycles. The summed E-state index contributed by atoms with van der Waals surface area (Å²) in [5.41, 5.74) is 0. The predicted octanol–water partition coefficient (Wildman–Crippen LogP) is 3.97. The highest BCUT2D eigenvalue weighted by molar-refractivity contribution is 7.55. The van der Waals surface area contributed by atoms with E-state index < -0.39 is 15.2 Å². The van der Waals surface area contributed by atoms with Crippen LogP contribution in [0.5, 0.6) is 0 Å².